The van der Waals surface area contributed by atoms with E-state index in [1.807, 2.05) is 0 Å². The first kappa shape index (κ1) is 25.9. The summed E-state index contributed by atoms with van der Waals surface area (Å²) in [6, 6.07) is 14.5. The summed E-state index contributed by atoms with van der Waals surface area (Å²) < 4.78 is 1.36. The molecule has 2 aromatic carbocycles. The minimum Gasteiger partial charge on any atom is -0.478 e. The first-order valence-corrected chi connectivity index (χ1v) is 12.2. The maximum atomic E-state index is 13.4. The van der Waals surface area contributed by atoms with Crippen LogP contribution in [-0.2, 0) is 13.0 Å². The highest BCUT2D eigenvalue weighted by atomic mass is 16.4. The van der Waals surface area contributed by atoms with Gasteiger partial charge in [0.25, 0.3) is 11.8 Å². The summed E-state index contributed by atoms with van der Waals surface area (Å²) in [5.41, 5.74) is 9.27. The van der Waals surface area contributed by atoms with E-state index in [4.69, 9.17) is 11.0 Å². The average molecular weight is 538 g/mol. The number of aliphatic imine (C=N–C) groups is 1. The Bertz CT molecular complexity index is 1720. The number of rotatable bonds is 7. The van der Waals surface area contributed by atoms with Crippen LogP contribution in [0.25, 0.3) is 5.65 Å². The number of guanidine groups is 1. The molecule has 1 atom stereocenters. The van der Waals surface area contributed by atoms with Crippen LogP contribution < -0.4 is 21.7 Å². The number of carbonyl (C=O) groups excluding carboxylic acids is 2. The van der Waals surface area contributed by atoms with E-state index in [0.717, 1.165) is 16.7 Å². The normalized spacial score (nSPS) is 14.3. The van der Waals surface area contributed by atoms with Crippen LogP contribution in [0.1, 0.15) is 60.5 Å². The van der Waals surface area contributed by atoms with Crippen LogP contribution in [0.4, 0.5) is 5.69 Å². The van der Waals surface area contributed by atoms with E-state index in [2.05, 4.69) is 31.0 Å². The molecule has 0 aliphatic heterocycles. The van der Waals surface area contributed by atoms with Gasteiger partial charge in [-0.15, -0.1) is 0 Å². The molecule has 13 nitrogen and oxygen atoms in total. The Kier molecular flexibility index (Phi) is 7.06. The highest BCUT2D eigenvalue weighted by Gasteiger charge is 2.27. The molecule has 1 aliphatic carbocycles. The molecule has 4 aromatic rings. The van der Waals surface area contributed by atoms with Crippen molar-refractivity contribution < 1.29 is 19.5 Å². The number of hydrogen-bond donors (Lipinski definition) is 5. The molecule has 0 bridgehead atoms. The molecule has 0 saturated heterocycles. The molecule has 40 heavy (non-hydrogen) atoms. The Morgan fingerprint density at radius 2 is 2.00 bits per heavy atom. The van der Waals surface area contributed by atoms with Gasteiger partial charge >= 0.3 is 5.97 Å². The molecule has 0 fully saturated rings. The van der Waals surface area contributed by atoms with Gasteiger partial charge in [-0.25, -0.2) is 19.3 Å². The molecule has 0 unspecified atom stereocenters. The fraction of sp³-hybridized carbons (Fsp3) is 0.148. The lowest BCUT2D eigenvalue weighted by atomic mass is 10.0. The van der Waals surface area contributed by atoms with Crippen molar-refractivity contribution in [1.29, 1.82) is 5.26 Å². The zero-order valence-electron chi connectivity index (χ0n) is 21.0. The van der Waals surface area contributed by atoms with Crippen molar-refractivity contribution in [2.45, 2.75) is 25.4 Å². The van der Waals surface area contributed by atoms with Gasteiger partial charge in [-0.3, -0.25) is 14.9 Å². The molecular formula is C27H23N9O4. The zero-order valence-corrected chi connectivity index (χ0v) is 21.0. The third-order valence-electron chi connectivity index (χ3n) is 6.39. The molecular weight excluding hydrogens is 514 g/mol. The second kappa shape index (κ2) is 10.9. The van der Waals surface area contributed by atoms with E-state index in [1.54, 1.807) is 48.7 Å². The minimum absolute atomic E-state index is 0.0349. The monoisotopic (exact) mass is 537 g/mol. The maximum Gasteiger partial charge on any atom is 0.335 e. The van der Waals surface area contributed by atoms with E-state index in [1.165, 1.54) is 22.8 Å². The molecule has 0 spiro atoms. The summed E-state index contributed by atoms with van der Waals surface area (Å²) in [7, 11) is 0. The number of nitrogens with zero attached hydrogens (tertiary/aromatic N) is 5. The largest absolute Gasteiger partial charge is 0.478 e. The molecule has 0 saturated carbocycles. The number of carboxylic acid groups (broad SMARTS) is 1. The van der Waals surface area contributed by atoms with E-state index >= 15 is 0 Å². The molecule has 5 rings (SSSR count). The zero-order chi connectivity index (χ0) is 28.2. The van der Waals surface area contributed by atoms with Crippen molar-refractivity contribution in [2.24, 2.45) is 10.7 Å². The van der Waals surface area contributed by atoms with E-state index in [9.17, 15) is 19.5 Å². The van der Waals surface area contributed by atoms with Crippen LogP contribution in [0.3, 0.4) is 0 Å². The van der Waals surface area contributed by atoms with Gasteiger partial charge in [-0.05, 0) is 53.8 Å². The van der Waals surface area contributed by atoms with E-state index < -0.39 is 17.8 Å². The minimum atomic E-state index is -1.00. The molecule has 1 aliphatic rings. The van der Waals surface area contributed by atoms with Gasteiger partial charge in [-0.1, -0.05) is 18.2 Å². The fourth-order valence-electron chi connectivity index (χ4n) is 4.56. The number of carbonyl (C=O) groups is 3. The molecule has 2 aromatic heterocycles. The number of aryl methyl sites for hydroxylation is 1. The van der Waals surface area contributed by atoms with Crippen molar-refractivity contribution in [2.75, 3.05) is 0 Å². The number of amides is 2. The van der Waals surface area contributed by atoms with Crippen molar-refractivity contribution in [3.8, 4) is 6.19 Å². The summed E-state index contributed by atoms with van der Waals surface area (Å²) in [4.78, 5) is 46.1. The Morgan fingerprint density at radius 1 is 1.15 bits per heavy atom. The van der Waals surface area contributed by atoms with Crippen molar-refractivity contribution in [1.82, 2.24) is 30.5 Å². The van der Waals surface area contributed by atoms with Crippen LogP contribution in [-0.4, -0.2) is 43.4 Å². The number of carboxylic acids is 1. The van der Waals surface area contributed by atoms with Gasteiger partial charge in [0.15, 0.2) is 11.8 Å². The number of benzene rings is 2. The average Bonchev–Trinajstić information content (AvgIpc) is 3.58. The molecule has 13 heteroatoms. The highest BCUT2D eigenvalue weighted by molar-refractivity contribution is 5.98. The van der Waals surface area contributed by atoms with Gasteiger partial charge in [0.2, 0.25) is 5.96 Å². The number of fused-ring (bicyclic) bond motifs is 2. The fourth-order valence-corrected chi connectivity index (χ4v) is 4.56. The van der Waals surface area contributed by atoms with Gasteiger partial charge in [0.1, 0.15) is 11.4 Å². The number of aromatic nitrogens is 3. The molecule has 2 amide bonds. The molecule has 0 radical (unpaired) electrons. The van der Waals surface area contributed by atoms with Crippen LogP contribution in [0.2, 0.25) is 0 Å². The van der Waals surface area contributed by atoms with Gasteiger partial charge in [0, 0.05) is 18.7 Å². The maximum absolute atomic E-state index is 13.4. The van der Waals surface area contributed by atoms with E-state index in [-0.39, 0.29) is 35.5 Å². The second-order valence-corrected chi connectivity index (χ2v) is 9.00. The lowest BCUT2D eigenvalue weighted by molar-refractivity contribution is 0.0696. The Hall–Kier alpha value is -5.77. The standard InChI is InChI=1S/C27H23N9O4/c28-14-31-27(29)33-18-3-1-2-15(10-18)13-30-24(37)21-12-22(36-23(34-21)8-9-32-36)25(38)35-20-7-5-16-11-17(26(39)40)4-6-19(16)20/h1-4,6,8-12,20H,5,7,13H2,(H,30,37)(H,35,38)(H,39,40)(H3,29,31,33)/t20-/m0/s1. The highest BCUT2D eigenvalue weighted by Crippen LogP contribution is 2.32. The van der Waals surface area contributed by atoms with Gasteiger partial charge in [-0.2, -0.15) is 10.4 Å². The summed E-state index contributed by atoms with van der Waals surface area (Å²) >= 11 is 0. The van der Waals surface area contributed by atoms with Crippen molar-refractivity contribution >= 4 is 35.1 Å². The Labute approximate surface area is 227 Å². The SMILES string of the molecule is N#CNC(N)=Nc1cccc(CNC(=O)c2cc(C(=O)N[C@H]3CCc4cc(C(=O)O)ccc43)n3nccc3n2)c1. The van der Waals surface area contributed by atoms with Crippen LogP contribution in [0.5, 0.6) is 0 Å². The van der Waals surface area contributed by atoms with Gasteiger partial charge in [0.05, 0.1) is 23.5 Å². The molecule has 200 valence electrons. The number of nitrogens with two attached hydrogens (primary N) is 1. The first-order valence-electron chi connectivity index (χ1n) is 12.2. The molecule has 6 N–H and O–H groups in total. The van der Waals surface area contributed by atoms with E-state index in [0.29, 0.717) is 24.2 Å². The summed E-state index contributed by atoms with van der Waals surface area (Å²) in [6.07, 6.45) is 4.43. The first-order chi connectivity index (χ1) is 19.3. The summed E-state index contributed by atoms with van der Waals surface area (Å²) in [5, 5.41) is 30.1. The van der Waals surface area contributed by atoms with Crippen molar-refractivity contribution in [3.05, 3.63) is 94.4 Å². The second-order valence-electron chi connectivity index (χ2n) is 9.00. The summed E-state index contributed by atoms with van der Waals surface area (Å²) in [5.74, 6) is -2.00. The number of nitriles is 1. The predicted octanol–water partition coefficient (Wildman–Crippen LogP) is 1.79. The lowest BCUT2D eigenvalue weighted by Crippen LogP contribution is -2.30. The lowest BCUT2D eigenvalue weighted by Gasteiger charge is -2.15. The van der Waals surface area contributed by atoms with Crippen LogP contribution in [0.15, 0.2) is 65.8 Å². The number of nitrogens with one attached hydrogen (secondary N) is 3. The Morgan fingerprint density at radius 3 is 2.80 bits per heavy atom. The quantitative estimate of drug-likeness (QED) is 0.101. The third-order valence-corrected chi connectivity index (χ3v) is 6.39. The molecule has 2 heterocycles. The number of aromatic carboxylic acids is 1. The van der Waals surface area contributed by atoms with Gasteiger partial charge < -0.3 is 21.5 Å². The van der Waals surface area contributed by atoms with Crippen LogP contribution >= 0.6 is 0 Å². The smallest absolute Gasteiger partial charge is 0.335 e. The topological polar surface area (TPSA) is 200 Å². The van der Waals surface area contributed by atoms with Crippen LogP contribution in [0, 0.1) is 11.5 Å². The number of hydrogen-bond acceptors (Lipinski definition) is 7. The Balaban J connectivity index is 1.32. The van der Waals surface area contributed by atoms with Crippen molar-refractivity contribution in [3.63, 3.8) is 0 Å². The predicted molar refractivity (Wildman–Crippen MR) is 143 cm³/mol. The summed E-state index contributed by atoms with van der Waals surface area (Å²) in [6.45, 7) is 0.151. The third kappa shape index (κ3) is 5.41.